The molecule has 0 saturated carbocycles. The Morgan fingerprint density at radius 3 is 2.85 bits per heavy atom. The van der Waals surface area contributed by atoms with Crippen LogP contribution in [0.1, 0.15) is 23.0 Å². The third-order valence-electron chi connectivity index (χ3n) is 1.91. The van der Waals surface area contributed by atoms with E-state index in [1.807, 2.05) is 13.8 Å². The first-order valence-corrected chi connectivity index (χ1v) is 4.16. The van der Waals surface area contributed by atoms with Crippen molar-refractivity contribution in [1.82, 2.24) is 15.0 Å². The van der Waals surface area contributed by atoms with Crippen LogP contribution in [0.4, 0.5) is 0 Å². The molecule has 13 heavy (non-hydrogen) atoms. The van der Waals surface area contributed by atoms with Crippen LogP contribution in [0.15, 0.2) is 16.9 Å². The summed E-state index contributed by atoms with van der Waals surface area (Å²) in [6, 6.07) is 0. The standard InChI is InChI=1S/C9H11N3O/c1-6-9(12-7(2)13-6)3-8-4-10-5-11-8/h4-5H,3H2,1-2H3,(H,10,11). The minimum atomic E-state index is 0.715. The zero-order chi connectivity index (χ0) is 9.26. The Balaban J connectivity index is 2.23. The number of aryl methyl sites for hydroxylation is 2. The van der Waals surface area contributed by atoms with Gasteiger partial charge in [0.15, 0.2) is 5.89 Å². The number of aromatic nitrogens is 3. The molecule has 68 valence electrons. The molecular formula is C9H11N3O. The van der Waals surface area contributed by atoms with E-state index in [1.54, 1.807) is 12.5 Å². The van der Waals surface area contributed by atoms with Gasteiger partial charge in [-0.3, -0.25) is 0 Å². The van der Waals surface area contributed by atoms with Gasteiger partial charge >= 0.3 is 0 Å². The highest BCUT2D eigenvalue weighted by atomic mass is 16.4. The van der Waals surface area contributed by atoms with E-state index in [0.717, 1.165) is 23.6 Å². The summed E-state index contributed by atoms with van der Waals surface area (Å²) in [6.45, 7) is 3.77. The molecule has 4 nitrogen and oxygen atoms in total. The molecule has 0 fully saturated rings. The molecule has 2 heterocycles. The fourth-order valence-electron chi connectivity index (χ4n) is 1.30. The third kappa shape index (κ3) is 1.61. The van der Waals surface area contributed by atoms with E-state index in [0.29, 0.717) is 5.89 Å². The van der Waals surface area contributed by atoms with Crippen LogP contribution in [-0.4, -0.2) is 15.0 Å². The van der Waals surface area contributed by atoms with Gasteiger partial charge in [0, 0.05) is 25.2 Å². The average molecular weight is 177 g/mol. The van der Waals surface area contributed by atoms with Crippen LogP contribution in [0.25, 0.3) is 0 Å². The largest absolute Gasteiger partial charge is 0.446 e. The molecule has 2 rings (SSSR count). The number of aromatic amines is 1. The van der Waals surface area contributed by atoms with E-state index in [2.05, 4.69) is 15.0 Å². The van der Waals surface area contributed by atoms with Gasteiger partial charge in [-0.15, -0.1) is 0 Å². The molecular weight excluding hydrogens is 166 g/mol. The molecule has 0 aliphatic rings. The van der Waals surface area contributed by atoms with E-state index in [4.69, 9.17) is 4.42 Å². The predicted octanol–water partition coefficient (Wildman–Crippen LogP) is 1.61. The van der Waals surface area contributed by atoms with Crippen molar-refractivity contribution in [2.75, 3.05) is 0 Å². The van der Waals surface area contributed by atoms with Crippen LogP contribution in [0.5, 0.6) is 0 Å². The molecule has 0 atom stereocenters. The summed E-state index contributed by atoms with van der Waals surface area (Å²) in [7, 11) is 0. The highest BCUT2D eigenvalue weighted by molar-refractivity contribution is 5.15. The fraction of sp³-hybridized carbons (Fsp3) is 0.333. The summed E-state index contributed by atoms with van der Waals surface area (Å²) >= 11 is 0. The molecule has 4 heteroatoms. The first-order valence-electron chi connectivity index (χ1n) is 4.16. The van der Waals surface area contributed by atoms with Crippen molar-refractivity contribution in [1.29, 1.82) is 0 Å². The number of hydrogen-bond donors (Lipinski definition) is 1. The SMILES string of the molecule is Cc1nc(Cc2cnc[nH]2)c(C)o1. The maximum absolute atomic E-state index is 5.32. The molecule has 2 aromatic heterocycles. The second-order valence-electron chi connectivity index (χ2n) is 2.99. The van der Waals surface area contributed by atoms with E-state index >= 15 is 0 Å². The van der Waals surface area contributed by atoms with Gasteiger partial charge in [-0.2, -0.15) is 0 Å². The van der Waals surface area contributed by atoms with Gasteiger partial charge in [-0.05, 0) is 6.92 Å². The molecule has 0 aromatic carbocycles. The number of nitrogens with zero attached hydrogens (tertiary/aromatic N) is 2. The van der Waals surface area contributed by atoms with Gasteiger partial charge < -0.3 is 9.40 Å². The summed E-state index contributed by atoms with van der Waals surface area (Å²) in [5.41, 5.74) is 2.03. The maximum Gasteiger partial charge on any atom is 0.191 e. The maximum atomic E-state index is 5.32. The highest BCUT2D eigenvalue weighted by Gasteiger charge is 2.07. The van der Waals surface area contributed by atoms with Crippen molar-refractivity contribution in [3.8, 4) is 0 Å². The van der Waals surface area contributed by atoms with E-state index < -0.39 is 0 Å². The van der Waals surface area contributed by atoms with E-state index in [-0.39, 0.29) is 0 Å². The van der Waals surface area contributed by atoms with Crippen molar-refractivity contribution < 1.29 is 4.42 Å². The zero-order valence-corrected chi connectivity index (χ0v) is 7.66. The molecule has 0 saturated heterocycles. The Hall–Kier alpha value is -1.58. The lowest BCUT2D eigenvalue weighted by atomic mass is 10.2. The van der Waals surface area contributed by atoms with Crippen LogP contribution in [0, 0.1) is 13.8 Å². The minimum Gasteiger partial charge on any atom is -0.446 e. The van der Waals surface area contributed by atoms with Crippen LogP contribution < -0.4 is 0 Å². The number of imidazole rings is 1. The Morgan fingerprint density at radius 2 is 2.31 bits per heavy atom. The fourth-order valence-corrected chi connectivity index (χ4v) is 1.30. The Labute approximate surface area is 76.0 Å². The lowest BCUT2D eigenvalue weighted by Gasteiger charge is -1.92. The quantitative estimate of drug-likeness (QED) is 0.758. The van der Waals surface area contributed by atoms with Gasteiger partial charge in [0.05, 0.1) is 12.0 Å². The zero-order valence-electron chi connectivity index (χ0n) is 7.66. The monoisotopic (exact) mass is 177 g/mol. The van der Waals surface area contributed by atoms with Gasteiger partial charge in [0.1, 0.15) is 5.76 Å². The molecule has 2 aromatic rings. The molecule has 0 aliphatic heterocycles. The second-order valence-corrected chi connectivity index (χ2v) is 2.99. The lowest BCUT2D eigenvalue weighted by Crippen LogP contribution is -1.90. The summed E-state index contributed by atoms with van der Waals surface area (Å²) in [6.07, 6.45) is 4.21. The van der Waals surface area contributed by atoms with Crippen LogP contribution in [0.2, 0.25) is 0 Å². The number of oxazole rings is 1. The number of hydrogen-bond acceptors (Lipinski definition) is 3. The highest BCUT2D eigenvalue weighted by Crippen LogP contribution is 2.12. The van der Waals surface area contributed by atoms with Crippen molar-refractivity contribution in [2.45, 2.75) is 20.3 Å². The van der Waals surface area contributed by atoms with Crippen molar-refractivity contribution in [3.63, 3.8) is 0 Å². The summed E-state index contributed by atoms with van der Waals surface area (Å²) in [5.74, 6) is 1.60. The molecule has 0 spiro atoms. The topological polar surface area (TPSA) is 54.7 Å². The smallest absolute Gasteiger partial charge is 0.191 e. The first kappa shape index (κ1) is 8.04. The summed E-state index contributed by atoms with van der Waals surface area (Å²) in [4.78, 5) is 11.2. The average Bonchev–Trinajstić information content (AvgIpc) is 2.63. The minimum absolute atomic E-state index is 0.715. The van der Waals surface area contributed by atoms with E-state index in [9.17, 15) is 0 Å². The van der Waals surface area contributed by atoms with Crippen molar-refractivity contribution in [3.05, 3.63) is 35.6 Å². The Kier molecular flexibility index (Phi) is 1.88. The Bertz CT molecular complexity index is 389. The number of rotatable bonds is 2. The number of nitrogens with one attached hydrogen (secondary N) is 1. The third-order valence-corrected chi connectivity index (χ3v) is 1.91. The van der Waals surface area contributed by atoms with Gasteiger partial charge in [-0.1, -0.05) is 0 Å². The Morgan fingerprint density at radius 1 is 1.46 bits per heavy atom. The van der Waals surface area contributed by atoms with Crippen LogP contribution in [0.3, 0.4) is 0 Å². The van der Waals surface area contributed by atoms with Crippen LogP contribution in [-0.2, 0) is 6.42 Å². The predicted molar refractivity (Wildman–Crippen MR) is 47.4 cm³/mol. The molecule has 0 radical (unpaired) electrons. The van der Waals surface area contributed by atoms with Gasteiger partial charge in [0.25, 0.3) is 0 Å². The van der Waals surface area contributed by atoms with Crippen molar-refractivity contribution >= 4 is 0 Å². The molecule has 0 bridgehead atoms. The van der Waals surface area contributed by atoms with Gasteiger partial charge in [-0.25, -0.2) is 9.97 Å². The first-order chi connectivity index (χ1) is 6.25. The lowest BCUT2D eigenvalue weighted by molar-refractivity contribution is 0.493. The molecule has 0 unspecified atom stereocenters. The molecule has 0 amide bonds. The summed E-state index contributed by atoms with van der Waals surface area (Å²) < 4.78 is 5.32. The van der Waals surface area contributed by atoms with Gasteiger partial charge in [0.2, 0.25) is 0 Å². The molecule has 0 aliphatic carbocycles. The van der Waals surface area contributed by atoms with Crippen LogP contribution >= 0.6 is 0 Å². The number of H-pyrrole nitrogens is 1. The van der Waals surface area contributed by atoms with E-state index in [1.165, 1.54) is 0 Å². The second kappa shape index (κ2) is 3.05. The molecule has 1 N–H and O–H groups in total. The summed E-state index contributed by atoms with van der Waals surface area (Å²) in [5, 5.41) is 0. The van der Waals surface area contributed by atoms with Crippen molar-refractivity contribution in [2.24, 2.45) is 0 Å². The normalized spacial score (nSPS) is 10.6.